The average Bonchev–Trinajstić information content (AvgIpc) is 2.29. The molecule has 1 aromatic rings. The fourth-order valence-electron chi connectivity index (χ4n) is 1.27. The predicted molar refractivity (Wildman–Crippen MR) is 59.1 cm³/mol. The van der Waals surface area contributed by atoms with Crippen LogP contribution in [0.4, 0.5) is 0 Å². The third-order valence-electron chi connectivity index (χ3n) is 2.09. The Morgan fingerprint density at radius 3 is 2.67 bits per heavy atom. The highest BCUT2D eigenvalue weighted by Crippen LogP contribution is 2.15. The third-order valence-corrected chi connectivity index (χ3v) is 2.09. The topological polar surface area (TPSA) is 37.3 Å². The van der Waals surface area contributed by atoms with Crippen LogP contribution in [0.2, 0.25) is 0 Å². The van der Waals surface area contributed by atoms with Gasteiger partial charge in [-0.3, -0.25) is 4.79 Å². The fraction of sp³-hybridized carbons (Fsp3) is 0.308. The van der Waals surface area contributed by atoms with Gasteiger partial charge in [0, 0.05) is 12.8 Å². The van der Waals surface area contributed by atoms with Crippen LogP contribution in [-0.2, 0) is 4.79 Å². The summed E-state index contributed by atoms with van der Waals surface area (Å²) in [5, 5.41) is 9.69. The first-order valence-electron chi connectivity index (χ1n) is 4.91. The first-order chi connectivity index (χ1) is 7.25. The van der Waals surface area contributed by atoms with Gasteiger partial charge in [-0.05, 0) is 12.5 Å². The van der Waals surface area contributed by atoms with Gasteiger partial charge in [-0.25, -0.2) is 0 Å². The first-order valence-corrected chi connectivity index (χ1v) is 4.91. The number of benzene rings is 1. The van der Waals surface area contributed by atoms with Crippen LogP contribution >= 0.6 is 0 Å². The van der Waals surface area contributed by atoms with Crippen molar-refractivity contribution in [3.05, 3.63) is 35.9 Å². The Morgan fingerprint density at radius 1 is 1.40 bits per heavy atom. The zero-order valence-electron chi connectivity index (χ0n) is 8.73. The molecule has 0 fully saturated rings. The monoisotopic (exact) mass is 202 g/mol. The third kappa shape index (κ3) is 3.57. The van der Waals surface area contributed by atoms with Crippen LogP contribution in [0.5, 0.6) is 0 Å². The minimum Gasteiger partial charge on any atom is -0.381 e. The lowest BCUT2D eigenvalue weighted by atomic mass is 10.0. The van der Waals surface area contributed by atoms with Crippen LogP contribution in [0.1, 0.15) is 31.4 Å². The number of aliphatic hydroxyl groups is 1. The maximum Gasteiger partial charge on any atom is 0.166 e. The van der Waals surface area contributed by atoms with Crippen LogP contribution in [0.25, 0.3) is 0 Å². The number of carbonyl (C=O) groups excluding carboxylic acids is 1. The minimum absolute atomic E-state index is 0.177. The summed E-state index contributed by atoms with van der Waals surface area (Å²) in [5.74, 6) is 5.34. The lowest BCUT2D eigenvalue weighted by Gasteiger charge is -2.08. The second-order valence-corrected chi connectivity index (χ2v) is 3.21. The predicted octanol–water partition coefficient (Wildman–Crippen LogP) is 2.09. The Balaban J connectivity index is 2.56. The number of hydrogen-bond acceptors (Lipinski definition) is 2. The molecule has 15 heavy (non-hydrogen) atoms. The van der Waals surface area contributed by atoms with Gasteiger partial charge in [0.05, 0.1) is 0 Å². The van der Waals surface area contributed by atoms with Crippen molar-refractivity contribution in [2.75, 3.05) is 0 Å². The lowest BCUT2D eigenvalue weighted by molar-refractivity contribution is -0.127. The maximum absolute atomic E-state index is 11.5. The second-order valence-electron chi connectivity index (χ2n) is 3.21. The number of aliphatic hydroxyl groups excluding tert-OH is 1. The summed E-state index contributed by atoms with van der Waals surface area (Å²) in [7, 11) is 0. The second kappa shape index (κ2) is 6.00. The Kier molecular flexibility index (Phi) is 4.59. The Morgan fingerprint density at radius 2 is 2.07 bits per heavy atom. The standard InChI is InChI=1S/C13H14O2/c1-2-3-5-10-12(14)13(15)11-8-6-4-7-9-11/h4,6-9,13,15H,5,10H2,1H3. The molecule has 1 N–H and O–H groups in total. The Labute approximate surface area is 89.9 Å². The molecular weight excluding hydrogens is 188 g/mol. The zero-order chi connectivity index (χ0) is 11.1. The molecule has 0 aromatic heterocycles. The first kappa shape index (κ1) is 11.5. The molecule has 1 unspecified atom stereocenters. The van der Waals surface area contributed by atoms with Crippen molar-refractivity contribution in [1.82, 2.24) is 0 Å². The molecule has 0 radical (unpaired) electrons. The normalized spacial score (nSPS) is 11.3. The van der Waals surface area contributed by atoms with Gasteiger partial charge in [0.25, 0.3) is 0 Å². The molecule has 0 saturated carbocycles. The Hall–Kier alpha value is -1.59. The van der Waals surface area contributed by atoms with E-state index in [9.17, 15) is 9.90 Å². The maximum atomic E-state index is 11.5. The van der Waals surface area contributed by atoms with Crippen LogP contribution < -0.4 is 0 Å². The molecule has 0 bridgehead atoms. The quantitative estimate of drug-likeness (QED) is 0.759. The van der Waals surface area contributed by atoms with E-state index >= 15 is 0 Å². The Bertz CT molecular complexity index is 371. The van der Waals surface area contributed by atoms with Crippen LogP contribution in [0.3, 0.4) is 0 Å². The van der Waals surface area contributed by atoms with E-state index in [-0.39, 0.29) is 5.78 Å². The summed E-state index contributed by atoms with van der Waals surface area (Å²) in [5.41, 5.74) is 0.645. The molecule has 1 aromatic carbocycles. The molecule has 0 aliphatic rings. The summed E-state index contributed by atoms with van der Waals surface area (Å²) in [4.78, 5) is 11.5. The molecule has 2 nitrogen and oxygen atoms in total. The molecule has 78 valence electrons. The lowest BCUT2D eigenvalue weighted by Crippen LogP contribution is -2.11. The van der Waals surface area contributed by atoms with Crippen molar-refractivity contribution in [3.8, 4) is 11.8 Å². The van der Waals surface area contributed by atoms with Crippen molar-refractivity contribution in [1.29, 1.82) is 0 Å². The molecule has 2 heteroatoms. The summed E-state index contributed by atoms with van der Waals surface area (Å²) < 4.78 is 0. The van der Waals surface area contributed by atoms with Gasteiger partial charge in [-0.1, -0.05) is 30.3 Å². The highest BCUT2D eigenvalue weighted by molar-refractivity contribution is 5.84. The number of carbonyl (C=O) groups is 1. The van der Waals surface area contributed by atoms with Gasteiger partial charge in [0.1, 0.15) is 6.10 Å². The van der Waals surface area contributed by atoms with Gasteiger partial charge in [-0.2, -0.15) is 0 Å². The number of Topliss-reactive ketones (excluding diaryl/α,β-unsaturated/α-hetero) is 1. The number of hydrogen-bond donors (Lipinski definition) is 1. The SMILES string of the molecule is CC#CCCC(=O)C(O)c1ccccc1. The molecule has 0 heterocycles. The van der Waals surface area contributed by atoms with Crippen molar-refractivity contribution >= 4 is 5.78 Å². The van der Waals surface area contributed by atoms with Gasteiger partial charge in [0.2, 0.25) is 0 Å². The largest absolute Gasteiger partial charge is 0.381 e. The average molecular weight is 202 g/mol. The van der Waals surface area contributed by atoms with Crippen LogP contribution in [0.15, 0.2) is 30.3 Å². The van der Waals surface area contributed by atoms with E-state index in [1.54, 1.807) is 31.2 Å². The van der Waals surface area contributed by atoms with Crippen molar-refractivity contribution < 1.29 is 9.90 Å². The summed E-state index contributed by atoms with van der Waals surface area (Å²) in [6.45, 7) is 1.73. The van der Waals surface area contributed by atoms with E-state index < -0.39 is 6.10 Å². The van der Waals surface area contributed by atoms with E-state index in [0.717, 1.165) is 0 Å². The van der Waals surface area contributed by atoms with E-state index in [2.05, 4.69) is 11.8 Å². The molecule has 0 saturated heterocycles. The van der Waals surface area contributed by atoms with Gasteiger partial charge >= 0.3 is 0 Å². The van der Waals surface area contributed by atoms with Gasteiger partial charge in [0.15, 0.2) is 5.78 Å². The van der Waals surface area contributed by atoms with Crippen LogP contribution in [0, 0.1) is 11.8 Å². The van der Waals surface area contributed by atoms with Gasteiger partial charge in [-0.15, -0.1) is 11.8 Å². The van der Waals surface area contributed by atoms with Crippen molar-refractivity contribution in [2.45, 2.75) is 25.9 Å². The fourth-order valence-corrected chi connectivity index (χ4v) is 1.27. The van der Waals surface area contributed by atoms with E-state index in [0.29, 0.717) is 18.4 Å². The molecular formula is C13H14O2. The molecule has 1 rings (SSSR count). The smallest absolute Gasteiger partial charge is 0.166 e. The zero-order valence-corrected chi connectivity index (χ0v) is 8.73. The van der Waals surface area contributed by atoms with E-state index in [1.165, 1.54) is 0 Å². The molecule has 0 aliphatic carbocycles. The molecule has 1 atom stereocenters. The minimum atomic E-state index is -1.01. The molecule has 0 spiro atoms. The van der Waals surface area contributed by atoms with E-state index in [4.69, 9.17) is 0 Å². The molecule has 0 aliphatic heterocycles. The van der Waals surface area contributed by atoms with Crippen molar-refractivity contribution in [2.24, 2.45) is 0 Å². The summed E-state index contributed by atoms with van der Waals surface area (Å²) in [6.07, 6.45) is -0.194. The summed E-state index contributed by atoms with van der Waals surface area (Å²) >= 11 is 0. The molecule has 0 amide bonds. The highest BCUT2D eigenvalue weighted by atomic mass is 16.3. The van der Waals surface area contributed by atoms with Crippen LogP contribution in [-0.4, -0.2) is 10.9 Å². The highest BCUT2D eigenvalue weighted by Gasteiger charge is 2.15. The van der Waals surface area contributed by atoms with Gasteiger partial charge < -0.3 is 5.11 Å². The van der Waals surface area contributed by atoms with Crippen molar-refractivity contribution in [3.63, 3.8) is 0 Å². The number of rotatable bonds is 4. The number of ketones is 1. The van der Waals surface area contributed by atoms with E-state index in [1.807, 2.05) is 6.07 Å². The summed E-state index contributed by atoms with van der Waals surface area (Å²) in [6, 6.07) is 8.95.